The number of hydrogen-bond acceptors (Lipinski definition) is 1. The molecule has 1 nitrogen and oxygen atoms in total. The summed E-state index contributed by atoms with van der Waals surface area (Å²) in [5, 5.41) is 2.50. The molecule has 3 heteroatoms. The lowest BCUT2D eigenvalue weighted by atomic mass is 10.1. The zero-order chi connectivity index (χ0) is 11.7. The fourth-order valence-electron chi connectivity index (χ4n) is 1.94. The number of pyridine rings is 1. The number of rotatable bonds is 2. The minimum atomic E-state index is 0.697. The van der Waals surface area contributed by atoms with E-state index in [2.05, 4.69) is 18.8 Å². The lowest BCUT2D eigenvalue weighted by Crippen LogP contribution is -1.98. The summed E-state index contributed by atoms with van der Waals surface area (Å²) in [4.78, 5) is 4.62. The van der Waals surface area contributed by atoms with Gasteiger partial charge in [-0.2, -0.15) is 0 Å². The van der Waals surface area contributed by atoms with Crippen LogP contribution >= 0.6 is 23.2 Å². The molecule has 0 bridgehead atoms. The largest absolute Gasteiger partial charge is 0.252 e. The normalized spacial score (nSPS) is 11.0. The molecule has 1 aromatic heterocycles. The lowest BCUT2D eigenvalue weighted by Gasteiger charge is -2.10. The van der Waals surface area contributed by atoms with E-state index in [1.165, 1.54) is 0 Å². The van der Waals surface area contributed by atoms with E-state index in [0.717, 1.165) is 40.0 Å². The van der Waals surface area contributed by atoms with Crippen LogP contribution in [0.4, 0.5) is 0 Å². The fraction of sp³-hybridized carbons (Fsp3) is 0.308. The molecule has 84 valence electrons. The summed E-state index contributed by atoms with van der Waals surface area (Å²) >= 11 is 12.4. The Morgan fingerprint density at radius 1 is 1.12 bits per heavy atom. The molecule has 0 aliphatic rings. The lowest BCUT2D eigenvalue weighted by molar-refractivity contribution is 0.982. The topological polar surface area (TPSA) is 12.9 Å². The molecule has 0 atom stereocenters. The third-order valence-electron chi connectivity index (χ3n) is 2.75. The van der Waals surface area contributed by atoms with Crippen molar-refractivity contribution < 1.29 is 0 Å². The molecular weight excluding hydrogens is 241 g/mol. The Morgan fingerprint density at radius 2 is 1.88 bits per heavy atom. The van der Waals surface area contributed by atoms with Crippen LogP contribution in [-0.2, 0) is 12.8 Å². The molecule has 0 aliphatic heterocycles. The van der Waals surface area contributed by atoms with E-state index in [0.29, 0.717) is 5.02 Å². The van der Waals surface area contributed by atoms with Crippen LogP contribution in [0.5, 0.6) is 0 Å². The highest BCUT2D eigenvalue weighted by atomic mass is 35.5. The SMILES string of the molecule is CCc1nc2cc(Cl)ccc2c(Cl)c1CC. The van der Waals surface area contributed by atoms with Gasteiger partial charge in [-0.25, -0.2) is 0 Å². The van der Waals surface area contributed by atoms with E-state index in [-0.39, 0.29) is 0 Å². The van der Waals surface area contributed by atoms with Gasteiger partial charge in [-0.15, -0.1) is 0 Å². The first-order valence-corrected chi connectivity index (χ1v) is 6.19. The van der Waals surface area contributed by atoms with Crippen molar-refractivity contribution in [3.05, 3.63) is 39.5 Å². The van der Waals surface area contributed by atoms with E-state index >= 15 is 0 Å². The smallest absolute Gasteiger partial charge is 0.0735 e. The van der Waals surface area contributed by atoms with Crippen LogP contribution in [0.2, 0.25) is 10.0 Å². The zero-order valence-corrected chi connectivity index (χ0v) is 10.9. The maximum Gasteiger partial charge on any atom is 0.0735 e. The number of halogens is 2. The molecule has 0 amide bonds. The van der Waals surface area contributed by atoms with Gasteiger partial charge in [0.15, 0.2) is 0 Å². The number of nitrogens with zero attached hydrogens (tertiary/aromatic N) is 1. The first-order valence-electron chi connectivity index (χ1n) is 5.43. The van der Waals surface area contributed by atoms with Crippen LogP contribution in [0.15, 0.2) is 18.2 Å². The molecule has 0 radical (unpaired) electrons. The second-order valence-corrected chi connectivity index (χ2v) is 4.53. The van der Waals surface area contributed by atoms with Crippen molar-refractivity contribution in [2.24, 2.45) is 0 Å². The summed E-state index contributed by atoms with van der Waals surface area (Å²) in [5.74, 6) is 0. The fourth-order valence-corrected chi connectivity index (χ4v) is 2.51. The third-order valence-corrected chi connectivity index (χ3v) is 3.42. The van der Waals surface area contributed by atoms with Gasteiger partial charge in [0.1, 0.15) is 0 Å². The number of benzene rings is 1. The van der Waals surface area contributed by atoms with Crippen LogP contribution < -0.4 is 0 Å². The first-order chi connectivity index (χ1) is 7.67. The molecule has 0 saturated heterocycles. The van der Waals surface area contributed by atoms with Crippen molar-refractivity contribution in [2.75, 3.05) is 0 Å². The predicted octanol–water partition coefficient (Wildman–Crippen LogP) is 4.67. The highest BCUT2D eigenvalue weighted by Gasteiger charge is 2.11. The first kappa shape index (κ1) is 11.7. The monoisotopic (exact) mass is 253 g/mol. The standard InChI is InChI=1S/C13H13Cl2N/c1-3-9-11(4-2)16-12-7-8(14)5-6-10(12)13(9)15/h5-7H,3-4H2,1-2H3. The Labute approximate surface area is 105 Å². The van der Waals surface area contributed by atoms with Crippen LogP contribution in [0.3, 0.4) is 0 Å². The summed E-state index contributed by atoms with van der Waals surface area (Å²) in [7, 11) is 0. The second kappa shape index (κ2) is 4.60. The molecule has 2 rings (SSSR count). The zero-order valence-electron chi connectivity index (χ0n) is 9.35. The molecule has 0 spiro atoms. The van der Waals surface area contributed by atoms with Gasteiger partial charge < -0.3 is 0 Å². The highest BCUT2D eigenvalue weighted by Crippen LogP contribution is 2.30. The molecule has 1 heterocycles. The maximum atomic E-state index is 6.39. The average Bonchev–Trinajstić information content (AvgIpc) is 2.28. The Kier molecular flexibility index (Phi) is 3.36. The van der Waals surface area contributed by atoms with Gasteiger partial charge in [0.2, 0.25) is 0 Å². The predicted molar refractivity (Wildman–Crippen MR) is 70.5 cm³/mol. The van der Waals surface area contributed by atoms with Gasteiger partial charge in [-0.05, 0) is 36.6 Å². The van der Waals surface area contributed by atoms with E-state index in [4.69, 9.17) is 23.2 Å². The average molecular weight is 254 g/mol. The summed E-state index contributed by atoms with van der Waals surface area (Å²) < 4.78 is 0. The van der Waals surface area contributed by atoms with Gasteiger partial charge in [-0.3, -0.25) is 4.98 Å². The van der Waals surface area contributed by atoms with E-state index in [1.807, 2.05) is 18.2 Å². The van der Waals surface area contributed by atoms with E-state index in [1.54, 1.807) is 0 Å². The molecule has 0 fully saturated rings. The summed E-state index contributed by atoms with van der Waals surface area (Å²) in [5.41, 5.74) is 3.10. The molecular formula is C13H13Cl2N. The van der Waals surface area contributed by atoms with Gasteiger partial charge in [0, 0.05) is 16.1 Å². The van der Waals surface area contributed by atoms with Crippen LogP contribution in [0, 0.1) is 0 Å². The maximum absolute atomic E-state index is 6.39. The van der Waals surface area contributed by atoms with Gasteiger partial charge in [-0.1, -0.05) is 37.0 Å². The quantitative estimate of drug-likeness (QED) is 0.759. The van der Waals surface area contributed by atoms with Gasteiger partial charge in [0.05, 0.1) is 10.5 Å². The molecule has 1 aromatic carbocycles. The summed E-state index contributed by atoms with van der Waals surface area (Å²) in [6.07, 6.45) is 1.80. The molecule has 0 unspecified atom stereocenters. The van der Waals surface area contributed by atoms with Crippen molar-refractivity contribution in [3.63, 3.8) is 0 Å². The van der Waals surface area contributed by atoms with Crippen molar-refractivity contribution in [1.29, 1.82) is 0 Å². The van der Waals surface area contributed by atoms with Crippen molar-refractivity contribution in [1.82, 2.24) is 4.98 Å². The number of aryl methyl sites for hydroxylation is 1. The van der Waals surface area contributed by atoms with E-state index < -0.39 is 0 Å². The van der Waals surface area contributed by atoms with Gasteiger partial charge in [0.25, 0.3) is 0 Å². The Morgan fingerprint density at radius 3 is 2.50 bits per heavy atom. The minimum absolute atomic E-state index is 0.697. The van der Waals surface area contributed by atoms with Crippen molar-refractivity contribution >= 4 is 34.1 Å². The Hall–Kier alpha value is -0.790. The number of aromatic nitrogens is 1. The third kappa shape index (κ3) is 1.90. The molecule has 16 heavy (non-hydrogen) atoms. The van der Waals surface area contributed by atoms with Crippen LogP contribution in [0.1, 0.15) is 25.1 Å². The van der Waals surface area contributed by atoms with E-state index in [9.17, 15) is 0 Å². The molecule has 0 saturated carbocycles. The van der Waals surface area contributed by atoms with Crippen molar-refractivity contribution in [2.45, 2.75) is 26.7 Å². The Balaban J connectivity index is 2.82. The van der Waals surface area contributed by atoms with Crippen molar-refractivity contribution in [3.8, 4) is 0 Å². The number of hydrogen-bond donors (Lipinski definition) is 0. The molecule has 2 aromatic rings. The summed E-state index contributed by atoms with van der Waals surface area (Å²) in [6.45, 7) is 4.19. The van der Waals surface area contributed by atoms with Gasteiger partial charge >= 0.3 is 0 Å². The second-order valence-electron chi connectivity index (χ2n) is 3.72. The summed E-state index contributed by atoms with van der Waals surface area (Å²) in [6, 6.07) is 5.65. The highest BCUT2D eigenvalue weighted by molar-refractivity contribution is 6.37. The number of fused-ring (bicyclic) bond motifs is 1. The van der Waals surface area contributed by atoms with Crippen LogP contribution in [-0.4, -0.2) is 4.98 Å². The molecule has 0 aliphatic carbocycles. The molecule has 0 N–H and O–H groups in total. The minimum Gasteiger partial charge on any atom is -0.252 e. The Bertz CT molecular complexity index is 535. The van der Waals surface area contributed by atoms with Crippen LogP contribution in [0.25, 0.3) is 10.9 Å².